The first-order valence-corrected chi connectivity index (χ1v) is 4.87. The van der Waals surface area contributed by atoms with E-state index in [1.54, 1.807) is 12.1 Å². The normalized spacial score (nSPS) is 24.5. The molecule has 1 aromatic carbocycles. The molecule has 76 valence electrons. The van der Waals surface area contributed by atoms with E-state index in [0.717, 1.165) is 6.42 Å². The van der Waals surface area contributed by atoms with Crippen molar-refractivity contribution in [1.29, 1.82) is 0 Å². The van der Waals surface area contributed by atoms with Crippen molar-refractivity contribution in [2.24, 2.45) is 5.73 Å². The SMILES string of the molecule is CCC1(CN)Cc2c(F)cccc2O1. The lowest BCUT2D eigenvalue weighted by atomic mass is 9.94. The molecule has 1 aliphatic heterocycles. The van der Waals surface area contributed by atoms with Crippen molar-refractivity contribution in [3.05, 3.63) is 29.6 Å². The highest BCUT2D eigenvalue weighted by molar-refractivity contribution is 5.40. The standard InChI is InChI=1S/C11H14FNO/c1-2-11(7-13)6-8-9(12)4-3-5-10(8)14-11/h3-5H,2,6-7,13H2,1H3. The van der Waals surface area contributed by atoms with Gasteiger partial charge in [-0.25, -0.2) is 4.39 Å². The molecule has 0 fully saturated rings. The molecule has 2 rings (SSSR count). The molecular weight excluding hydrogens is 181 g/mol. The van der Waals surface area contributed by atoms with Crippen LogP contribution in [0.15, 0.2) is 18.2 Å². The quantitative estimate of drug-likeness (QED) is 0.781. The summed E-state index contributed by atoms with van der Waals surface area (Å²) in [6.45, 7) is 2.44. The van der Waals surface area contributed by atoms with E-state index in [-0.39, 0.29) is 11.4 Å². The van der Waals surface area contributed by atoms with Crippen LogP contribution in [0.2, 0.25) is 0 Å². The van der Waals surface area contributed by atoms with Crippen LogP contribution in [-0.2, 0) is 6.42 Å². The van der Waals surface area contributed by atoms with Gasteiger partial charge in [-0.3, -0.25) is 0 Å². The zero-order chi connectivity index (χ0) is 10.2. The van der Waals surface area contributed by atoms with Crippen LogP contribution in [0.3, 0.4) is 0 Å². The Morgan fingerprint density at radius 1 is 1.57 bits per heavy atom. The average Bonchev–Trinajstić information content (AvgIpc) is 2.59. The smallest absolute Gasteiger partial charge is 0.130 e. The van der Waals surface area contributed by atoms with Gasteiger partial charge in [-0.15, -0.1) is 0 Å². The number of hydrogen-bond donors (Lipinski definition) is 1. The van der Waals surface area contributed by atoms with Crippen LogP contribution >= 0.6 is 0 Å². The molecule has 14 heavy (non-hydrogen) atoms. The molecule has 0 bridgehead atoms. The summed E-state index contributed by atoms with van der Waals surface area (Å²) in [7, 11) is 0. The number of benzene rings is 1. The maximum Gasteiger partial charge on any atom is 0.130 e. The highest BCUT2D eigenvalue weighted by Crippen LogP contribution is 2.37. The van der Waals surface area contributed by atoms with Crippen LogP contribution < -0.4 is 10.5 Å². The van der Waals surface area contributed by atoms with E-state index in [1.807, 2.05) is 6.92 Å². The Balaban J connectivity index is 2.38. The molecule has 1 atom stereocenters. The fourth-order valence-electron chi connectivity index (χ4n) is 1.85. The van der Waals surface area contributed by atoms with Crippen LogP contribution in [0.5, 0.6) is 5.75 Å². The second-order valence-electron chi connectivity index (χ2n) is 3.74. The molecule has 3 heteroatoms. The molecule has 0 radical (unpaired) electrons. The van der Waals surface area contributed by atoms with Gasteiger partial charge < -0.3 is 10.5 Å². The Morgan fingerprint density at radius 3 is 2.93 bits per heavy atom. The third-order valence-corrected chi connectivity index (χ3v) is 2.92. The summed E-state index contributed by atoms with van der Waals surface area (Å²) in [5.74, 6) is 0.462. The van der Waals surface area contributed by atoms with E-state index in [2.05, 4.69) is 0 Å². The summed E-state index contributed by atoms with van der Waals surface area (Å²) < 4.78 is 19.1. The van der Waals surface area contributed by atoms with Gasteiger partial charge in [0.2, 0.25) is 0 Å². The molecule has 0 spiro atoms. The van der Waals surface area contributed by atoms with E-state index >= 15 is 0 Å². The van der Waals surface area contributed by atoms with Crippen LogP contribution in [0, 0.1) is 5.82 Å². The third-order valence-electron chi connectivity index (χ3n) is 2.92. The largest absolute Gasteiger partial charge is 0.485 e. The second-order valence-corrected chi connectivity index (χ2v) is 3.74. The van der Waals surface area contributed by atoms with Gasteiger partial charge in [0, 0.05) is 18.5 Å². The number of hydrogen-bond acceptors (Lipinski definition) is 2. The molecule has 0 amide bonds. The summed E-state index contributed by atoms with van der Waals surface area (Å²) in [5.41, 5.74) is 5.94. The summed E-state index contributed by atoms with van der Waals surface area (Å²) >= 11 is 0. The third kappa shape index (κ3) is 1.28. The minimum Gasteiger partial charge on any atom is -0.485 e. The van der Waals surface area contributed by atoms with Crippen molar-refractivity contribution in [2.45, 2.75) is 25.4 Å². The zero-order valence-corrected chi connectivity index (χ0v) is 8.22. The molecule has 1 aromatic rings. The number of halogens is 1. The fourth-order valence-corrected chi connectivity index (χ4v) is 1.85. The molecule has 0 saturated carbocycles. The molecule has 1 aliphatic rings. The maximum atomic E-state index is 13.4. The Morgan fingerprint density at radius 2 is 2.36 bits per heavy atom. The monoisotopic (exact) mass is 195 g/mol. The van der Waals surface area contributed by atoms with Crippen LogP contribution in [0.25, 0.3) is 0 Å². The lowest BCUT2D eigenvalue weighted by Gasteiger charge is -2.25. The van der Waals surface area contributed by atoms with Gasteiger partial charge in [-0.05, 0) is 18.6 Å². The predicted molar refractivity (Wildman–Crippen MR) is 52.8 cm³/mol. The van der Waals surface area contributed by atoms with Gasteiger partial charge in [-0.2, -0.15) is 0 Å². The number of fused-ring (bicyclic) bond motifs is 1. The lowest BCUT2D eigenvalue weighted by Crippen LogP contribution is -2.41. The minimum absolute atomic E-state index is 0.189. The highest BCUT2D eigenvalue weighted by atomic mass is 19.1. The minimum atomic E-state index is -0.384. The second kappa shape index (κ2) is 3.24. The first kappa shape index (κ1) is 9.46. The first-order chi connectivity index (χ1) is 6.71. The van der Waals surface area contributed by atoms with E-state index in [4.69, 9.17) is 10.5 Å². The van der Waals surface area contributed by atoms with Gasteiger partial charge >= 0.3 is 0 Å². The Labute approximate surface area is 82.9 Å². The van der Waals surface area contributed by atoms with Crippen LogP contribution in [0.4, 0.5) is 4.39 Å². The number of nitrogens with two attached hydrogens (primary N) is 1. The molecular formula is C11H14FNO. The van der Waals surface area contributed by atoms with E-state index < -0.39 is 0 Å². The highest BCUT2D eigenvalue weighted by Gasteiger charge is 2.37. The molecule has 2 N–H and O–H groups in total. The average molecular weight is 195 g/mol. The Hall–Kier alpha value is -1.09. The Kier molecular flexibility index (Phi) is 2.19. The lowest BCUT2D eigenvalue weighted by molar-refractivity contribution is 0.0994. The topological polar surface area (TPSA) is 35.2 Å². The van der Waals surface area contributed by atoms with E-state index in [9.17, 15) is 4.39 Å². The van der Waals surface area contributed by atoms with Crippen molar-refractivity contribution in [3.8, 4) is 5.75 Å². The number of ether oxygens (including phenoxy) is 1. The summed E-state index contributed by atoms with van der Waals surface area (Å²) in [6.07, 6.45) is 1.39. The van der Waals surface area contributed by atoms with Crippen LogP contribution in [0.1, 0.15) is 18.9 Å². The van der Waals surface area contributed by atoms with Crippen molar-refractivity contribution in [2.75, 3.05) is 6.54 Å². The molecule has 0 aliphatic carbocycles. The van der Waals surface area contributed by atoms with Crippen LogP contribution in [-0.4, -0.2) is 12.1 Å². The maximum absolute atomic E-state index is 13.4. The molecule has 0 saturated heterocycles. The van der Waals surface area contributed by atoms with E-state index in [1.165, 1.54) is 6.07 Å². The summed E-state index contributed by atoms with van der Waals surface area (Å²) in [5, 5.41) is 0. The van der Waals surface area contributed by atoms with Gasteiger partial charge in [-0.1, -0.05) is 13.0 Å². The van der Waals surface area contributed by atoms with Gasteiger partial charge in [0.05, 0.1) is 0 Å². The first-order valence-electron chi connectivity index (χ1n) is 4.87. The predicted octanol–water partition coefficient (Wildman–Crippen LogP) is 1.87. The molecule has 2 nitrogen and oxygen atoms in total. The van der Waals surface area contributed by atoms with Gasteiger partial charge in [0.25, 0.3) is 0 Å². The Bertz CT molecular complexity index is 347. The number of rotatable bonds is 2. The van der Waals surface area contributed by atoms with Gasteiger partial charge in [0.1, 0.15) is 17.2 Å². The van der Waals surface area contributed by atoms with Crippen molar-refractivity contribution < 1.29 is 9.13 Å². The fraction of sp³-hybridized carbons (Fsp3) is 0.455. The van der Waals surface area contributed by atoms with Crippen molar-refractivity contribution >= 4 is 0 Å². The van der Waals surface area contributed by atoms with Crippen molar-refractivity contribution in [1.82, 2.24) is 0 Å². The summed E-state index contributed by atoms with van der Waals surface area (Å²) in [6, 6.07) is 4.92. The van der Waals surface area contributed by atoms with Gasteiger partial charge in [0.15, 0.2) is 0 Å². The summed E-state index contributed by atoms with van der Waals surface area (Å²) in [4.78, 5) is 0. The van der Waals surface area contributed by atoms with E-state index in [0.29, 0.717) is 24.3 Å². The zero-order valence-electron chi connectivity index (χ0n) is 8.22. The molecule has 1 unspecified atom stereocenters. The molecule has 1 heterocycles. The van der Waals surface area contributed by atoms with Crippen molar-refractivity contribution in [3.63, 3.8) is 0 Å². The molecule has 0 aromatic heterocycles.